The van der Waals surface area contributed by atoms with Crippen LogP contribution in [0.1, 0.15) is 11.3 Å². The van der Waals surface area contributed by atoms with Crippen molar-refractivity contribution in [3.63, 3.8) is 0 Å². The number of hydrogen-bond donors (Lipinski definition) is 1. The van der Waals surface area contributed by atoms with Crippen LogP contribution in [0, 0.1) is 0 Å². The van der Waals surface area contributed by atoms with Gasteiger partial charge < -0.3 is 27.5 Å². The van der Waals surface area contributed by atoms with Gasteiger partial charge in [-0.1, -0.05) is 28.1 Å². The summed E-state index contributed by atoms with van der Waals surface area (Å²) >= 11 is 6.94. The Hall–Kier alpha value is -0.850. The molecular weight excluding hydrogens is 476 g/mol. The normalized spacial score (nSPS) is 11.0. The Balaban J connectivity index is 0.00000242. The molecule has 1 aromatic heterocycles. The van der Waals surface area contributed by atoms with Crippen LogP contribution in [0.25, 0.3) is 6.20 Å². The molecule has 0 atom stereocenters. The first kappa shape index (κ1) is 19.2. The zero-order valence-corrected chi connectivity index (χ0v) is 16.9. The minimum absolute atomic E-state index is 0. The Morgan fingerprint density at radius 3 is 2.55 bits per heavy atom. The first-order chi connectivity index (χ1) is 10.1. The summed E-state index contributed by atoms with van der Waals surface area (Å²) in [5, 5.41) is 0.761. The maximum atomic E-state index is 6.14. The summed E-state index contributed by atoms with van der Waals surface area (Å²) in [5.41, 5.74) is 9.16. The Morgan fingerprint density at radius 1 is 1.27 bits per heavy atom. The third kappa shape index (κ3) is 5.11. The van der Waals surface area contributed by atoms with Crippen molar-refractivity contribution in [2.45, 2.75) is 6.42 Å². The standard InChI is InChI=1S/C16H17Br2N2O.BrH/c1-21-14-6-4-12(5-7-14)9-16-15(19)3-2-8-20(16)11-13(18)10-17;/h2-8,11H,9-10,19H2,1H3;1H/q+1;/p-1. The SMILES string of the molecule is COc1ccc(Cc2c(N)ccc[n+]2C=C(Br)CBr)cc1.[Br-]. The molecule has 22 heavy (non-hydrogen) atoms. The molecule has 0 bridgehead atoms. The first-order valence-corrected chi connectivity index (χ1v) is 8.39. The number of methoxy groups -OCH3 is 1. The van der Waals surface area contributed by atoms with E-state index in [4.69, 9.17) is 10.5 Å². The van der Waals surface area contributed by atoms with Gasteiger partial charge in [0.05, 0.1) is 18.0 Å². The molecule has 0 saturated carbocycles. The van der Waals surface area contributed by atoms with Crippen LogP contribution < -0.4 is 32.0 Å². The molecule has 0 unspecified atom stereocenters. The van der Waals surface area contributed by atoms with Crippen molar-refractivity contribution in [2.75, 3.05) is 18.2 Å². The van der Waals surface area contributed by atoms with Gasteiger partial charge in [-0.25, -0.2) is 0 Å². The highest BCUT2D eigenvalue weighted by molar-refractivity contribution is 9.13. The molecule has 6 heteroatoms. The molecule has 0 spiro atoms. The average molecular weight is 493 g/mol. The summed E-state index contributed by atoms with van der Waals surface area (Å²) < 4.78 is 8.28. The number of benzene rings is 1. The predicted molar refractivity (Wildman–Crippen MR) is 93.8 cm³/mol. The summed E-state index contributed by atoms with van der Waals surface area (Å²) in [4.78, 5) is 0. The Bertz CT molecular complexity index is 642. The summed E-state index contributed by atoms with van der Waals surface area (Å²) in [5.74, 6) is 0.856. The Morgan fingerprint density at radius 2 is 1.95 bits per heavy atom. The molecule has 2 aromatic rings. The summed E-state index contributed by atoms with van der Waals surface area (Å²) in [6, 6.07) is 11.9. The predicted octanol–water partition coefficient (Wildman–Crippen LogP) is 0.748. The van der Waals surface area contributed by atoms with Crippen LogP contribution in [-0.4, -0.2) is 12.4 Å². The van der Waals surface area contributed by atoms with Gasteiger partial charge in [0.15, 0.2) is 12.4 Å². The van der Waals surface area contributed by atoms with Gasteiger partial charge in [-0.2, -0.15) is 4.57 Å². The van der Waals surface area contributed by atoms with Crippen LogP contribution in [0.4, 0.5) is 5.69 Å². The van der Waals surface area contributed by atoms with Crippen molar-refractivity contribution in [2.24, 2.45) is 0 Å². The number of halogens is 3. The van der Waals surface area contributed by atoms with E-state index in [9.17, 15) is 0 Å². The van der Waals surface area contributed by atoms with Crippen LogP contribution in [0.15, 0.2) is 47.1 Å². The number of anilines is 1. The molecule has 2 N–H and O–H groups in total. The zero-order valence-electron chi connectivity index (χ0n) is 12.1. The van der Waals surface area contributed by atoms with E-state index in [0.717, 1.165) is 33.4 Å². The third-order valence-electron chi connectivity index (χ3n) is 3.10. The van der Waals surface area contributed by atoms with Gasteiger partial charge in [-0.05, 0) is 39.7 Å². The number of nitrogens with two attached hydrogens (primary N) is 1. The first-order valence-electron chi connectivity index (χ1n) is 6.47. The van der Waals surface area contributed by atoms with Gasteiger partial charge in [0.25, 0.3) is 0 Å². The molecule has 3 nitrogen and oxygen atoms in total. The van der Waals surface area contributed by atoms with E-state index in [2.05, 4.69) is 44.0 Å². The number of nitrogen functional groups attached to an aromatic ring is 1. The second kappa shape index (κ2) is 9.33. The highest BCUT2D eigenvalue weighted by atomic mass is 79.9. The lowest BCUT2D eigenvalue weighted by molar-refractivity contribution is -0.576. The average Bonchev–Trinajstić information content (AvgIpc) is 2.51. The molecule has 0 amide bonds. The van der Waals surface area contributed by atoms with Gasteiger partial charge in [0.2, 0.25) is 5.69 Å². The van der Waals surface area contributed by atoms with Crippen molar-refractivity contribution in [3.05, 3.63) is 58.3 Å². The lowest BCUT2D eigenvalue weighted by Crippen LogP contribution is -3.00. The molecular formula is C16H17Br3N2O. The Labute approximate surface area is 158 Å². The van der Waals surface area contributed by atoms with Gasteiger partial charge in [-0.15, -0.1) is 0 Å². The molecule has 0 aliphatic carbocycles. The second-order valence-electron chi connectivity index (χ2n) is 4.55. The summed E-state index contributed by atoms with van der Waals surface area (Å²) in [6.07, 6.45) is 4.78. The third-order valence-corrected chi connectivity index (χ3v) is 4.95. The minimum Gasteiger partial charge on any atom is -1.00 e. The van der Waals surface area contributed by atoms with Crippen LogP contribution in [-0.2, 0) is 6.42 Å². The van der Waals surface area contributed by atoms with E-state index >= 15 is 0 Å². The number of rotatable bonds is 5. The second-order valence-corrected chi connectivity index (χ2v) is 6.13. The van der Waals surface area contributed by atoms with E-state index in [1.165, 1.54) is 5.56 Å². The molecule has 0 aliphatic heterocycles. The lowest BCUT2D eigenvalue weighted by Gasteiger charge is -2.05. The molecule has 1 aromatic carbocycles. The molecule has 1 heterocycles. The fourth-order valence-corrected chi connectivity index (χ4v) is 2.38. The largest absolute Gasteiger partial charge is 1.00 e. The van der Waals surface area contributed by atoms with E-state index in [0.29, 0.717) is 0 Å². The van der Waals surface area contributed by atoms with Gasteiger partial charge >= 0.3 is 0 Å². The summed E-state index contributed by atoms with van der Waals surface area (Å²) in [6.45, 7) is 0. The number of ether oxygens (including phenoxy) is 1. The number of allylic oxidation sites excluding steroid dienone is 1. The maximum Gasteiger partial charge on any atom is 0.214 e. The number of aromatic nitrogens is 1. The van der Waals surface area contributed by atoms with Crippen LogP contribution >= 0.6 is 31.9 Å². The zero-order chi connectivity index (χ0) is 15.2. The van der Waals surface area contributed by atoms with Crippen LogP contribution in [0.2, 0.25) is 0 Å². The molecule has 0 saturated heterocycles. The molecule has 118 valence electrons. The van der Waals surface area contributed by atoms with E-state index < -0.39 is 0 Å². The maximum absolute atomic E-state index is 6.14. The monoisotopic (exact) mass is 490 g/mol. The fourth-order valence-electron chi connectivity index (χ4n) is 2.01. The quantitative estimate of drug-likeness (QED) is 0.494. The molecule has 0 aliphatic rings. The fraction of sp³-hybridized carbons (Fsp3) is 0.188. The van der Waals surface area contributed by atoms with Gasteiger partial charge in [-0.3, -0.25) is 0 Å². The number of nitrogens with zero attached hydrogens (tertiary/aromatic N) is 1. The lowest BCUT2D eigenvalue weighted by atomic mass is 10.1. The van der Waals surface area contributed by atoms with Crippen molar-refractivity contribution >= 4 is 43.7 Å². The van der Waals surface area contributed by atoms with Crippen molar-refractivity contribution in [1.29, 1.82) is 0 Å². The minimum atomic E-state index is 0. The number of pyridine rings is 1. The molecule has 0 radical (unpaired) electrons. The van der Waals surface area contributed by atoms with E-state index in [-0.39, 0.29) is 17.0 Å². The molecule has 2 rings (SSSR count). The van der Waals surface area contributed by atoms with E-state index in [1.54, 1.807) is 7.11 Å². The van der Waals surface area contributed by atoms with Crippen molar-refractivity contribution in [3.8, 4) is 5.75 Å². The highest BCUT2D eigenvalue weighted by Gasteiger charge is 2.14. The summed E-state index contributed by atoms with van der Waals surface area (Å²) in [7, 11) is 1.67. The Kier molecular flexibility index (Phi) is 8.14. The molecule has 0 fully saturated rings. The number of hydrogen-bond acceptors (Lipinski definition) is 2. The van der Waals surface area contributed by atoms with E-state index in [1.807, 2.05) is 41.2 Å². The van der Waals surface area contributed by atoms with Crippen molar-refractivity contribution < 1.29 is 26.3 Å². The van der Waals surface area contributed by atoms with Gasteiger partial charge in [0, 0.05) is 11.4 Å². The topological polar surface area (TPSA) is 39.1 Å². The van der Waals surface area contributed by atoms with Crippen LogP contribution in [0.3, 0.4) is 0 Å². The van der Waals surface area contributed by atoms with Crippen molar-refractivity contribution in [1.82, 2.24) is 0 Å². The highest BCUT2D eigenvalue weighted by Crippen LogP contribution is 2.17. The van der Waals surface area contributed by atoms with Gasteiger partial charge in [0.1, 0.15) is 11.4 Å². The smallest absolute Gasteiger partial charge is 0.214 e. The van der Waals surface area contributed by atoms with Crippen LogP contribution in [0.5, 0.6) is 5.75 Å². The number of alkyl halides is 1.